The molecule has 0 amide bonds. The van der Waals surface area contributed by atoms with Crippen molar-refractivity contribution in [3.8, 4) is 11.5 Å². The quantitative estimate of drug-likeness (QED) is 0.125. The van der Waals surface area contributed by atoms with Gasteiger partial charge < -0.3 is 15.4 Å². The highest BCUT2D eigenvalue weighted by Crippen LogP contribution is 2.50. The van der Waals surface area contributed by atoms with Gasteiger partial charge in [-0.3, -0.25) is 9.11 Å². The Kier molecular flexibility index (Phi) is 7.89. The molecule has 0 radical (unpaired) electrons. The fourth-order valence-corrected chi connectivity index (χ4v) is 7.41. The monoisotopic (exact) mass is 656 g/mol. The molecule has 1 heterocycles. The first kappa shape index (κ1) is 31.3. The van der Waals surface area contributed by atoms with Crippen LogP contribution in [0.15, 0.2) is 101 Å². The van der Waals surface area contributed by atoms with Crippen LogP contribution in [0.3, 0.4) is 0 Å². The van der Waals surface area contributed by atoms with Crippen molar-refractivity contribution in [3.63, 3.8) is 0 Å². The molecule has 11 heteroatoms. The van der Waals surface area contributed by atoms with Crippen LogP contribution in [0.25, 0.3) is 0 Å². The molecule has 1 unspecified atom stereocenters. The van der Waals surface area contributed by atoms with Gasteiger partial charge in [-0.2, -0.15) is 16.8 Å². The Labute approximate surface area is 268 Å². The number of hydrogen-bond acceptors (Lipinski definition) is 7. The van der Waals surface area contributed by atoms with Gasteiger partial charge in [-0.05, 0) is 85.8 Å². The topological polar surface area (TPSA) is 142 Å². The SMILES string of the molecule is Cc1cccc(C)c1Nc1ccc2c(c1)Oc1cc(Nc3c(C)cc(S(=O)(=O)O)cc3C)ccc1C2c1ccccc1S(=O)(=O)O. The molecule has 0 aromatic heterocycles. The Balaban J connectivity index is 1.46. The second kappa shape index (κ2) is 11.6. The van der Waals surface area contributed by atoms with Crippen molar-refractivity contribution in [1.82, 2.24) is 0 Å². The molecule has 6 rings (SSSR count). The Morgan fingerprint density at radius 2 is 1.07 bits per heavy atom. The summed E-state index contributed by atoms with van der Waals surface area (Å²) in [7, 11) is -8.91. The van der Waals surface area contributed by atoms with Gasteiger partial charge in [0.2, 0.25) is 0 Å². The third kappa shape index (κ3) is 5.97. The van der Waals surface area contributed by atoms with Gasteiger partial charge in [0.25, 0.3) is 20.2 Å². The van der Waals surface area contributed by atoms with Crippen LogP contribution in [0.5, 0.6) is 11.5 Å². The van der Waals surface area contributed by atoms with Gasteiger partial charge in [0.05, 0.1) is 9.79 Å². The van der Waals surface area contributed by atoms with E-state index in [-0.39, 0.29) is 9.79 Å². The molecule has 0 spiro atoms. The Morgan fingerprint density at radius 3 is 1.57 bits per heavy atom. The minimum atomic E-state index is -4.54. The van der Waals surface area contributed by atoms with Crippen LogP contribution in [0.2, 0.25) is 0 Å². The third-order valence-electron chi connectivity index (χ3n) is 8.20. The molecule has 9 nitrogen and oxygen atoms in total. The lowest BCUT2D eigenvalue weighted by Gasteiger charge is -2.30. The molecule has 0 saturated heterocycles. The summed E-state index contributed by atoms with van der Waals surface area (Å²) < 4.78 is 74.6. The van der Waals surface area contributed by atoms with Gasteiger partial charge in [-0.1, -0.05) is 48.5 Å². The number of rotatable bonds is 7. The summed E-state index contributed by atoms with van der Waals surface area (Å²) in [6.07, 6.45) is 0. The van der Waals surface area contributed by atoms with E-state index in [1.165, 1.54) is 18.2 Å². The molecule has 5 aromatic rings. The zero-order valence-electron chi connectivity index (χ0n) is 25.5. The van der Waals surface area contributed by atoms with Gasteiger partial charge in [0.1, 0.15) is 11.5 Å². The average molecular weight is 657 g/mol. The smallest absolute Gasteiger partial charge is 0.294 e. The fourth-order valence-electron chi connectivity index (χ4n) is 6.02. The second-order valence-corrected chi connectivity index (χ2v) is 14.3. The highest BCUT2D eigenvalue weighted by molar-refractivity contribution is 7.86. The van der Waals surface area contributed by atoms with Crippen molar-refractivity contribution in [2.75, 3.05) is 10.6 Å². The molecule has 5 aromatic carbocycles. The Morgan fingerprint density at radius 1 is 0.565 bits per heavy atom. The van der Waals surface area contributed by atoms with E-state index in [1.807, 2.05) is 62.4 Å². The van der Waals surface area contributed by atoms with Crippen LogP contribution in [0.4, 0.5) is 22.7 Å². The second-order valence-electron chi connectivity index (χ2n) is 11.5. The first-order chi connectivity index (χ1) is 21.7. The molecule has 0 bridgehead atoms. The van der Waals surface area contributed by atoms with Crippen LogP contribution in [-0.4, -0.2) is 25.9 Å². The van der Waals surface area contributed by atoms with E-state index in [9.17, 15) is 25.9 Å². The number of nitrogens with one attached hydrogen (secondary N) is 2. The molecule has 1 atom stereocenters. The van der Waals surface area contributed by atoms with E-state index in [4.69, 9.17) is 4.74 Å². The molecule has 0 saturated carbocycles. The molecule has 0 aliphatic carbocycles. The van der Waals surface area contributed by atoms with Crippen molar-refractivity contribution in [2.45, 2.75) is 43.4 Å². The maximum absolute atomic E-state index is 12.5. The van der Waals surface area contributed by atoms with E-state index in [2.05, 4.69) is 10.6 Å². The summed E-state index contributed by atoms with van der Waals surface area (Å²) in [5.41, 5.74) is 8.26. The van der Waals surface area contributed by atoms with Gasteiger partial charge in [0.15, 0.2) is 0 Å². The largest absolute Gasteiger partial charge is 0.457 e. The molecule has 0 fully saturated rings. The summed E-state index contributed by atoms with van der Waals surface area (Å²) in [6.45, 7) is 7.53. The predicted molar refractivity (Wildman–Crippen MR) is 178 cm³/mol. The standard InChI is InChI=1S/C35H32N2O7S2/c1-20-8-7-9-21(2)34(20)36-24-12-14-27-30(18-24)44-31-19-25(37-35-22(3)16-26(17-23(35)4)45(38,39)40)13-15-28(31)33(27)29-10-5-6-11-32(29)46(41,42)43/h5-19,33,36-37H,1-4H3,(H,38,39,40)(H,41,42,43). The lowest BCUT2D eigenvalue weighted by molar-refractivity contribution is 0.451. The average Bonchev–Trinajstić information content (AvgIpc) is 2.98. The van der Waals surface area contributed by atoms with E-state index in [0.717, 1.165) is 28.1 Å². The summed E-state index contributed by atoms with van der Waals surface area (Å²) in [5.74, 6) is 0.403. The third-order valence-corrected chi connectivity index (χ3v) is 9.96. The van der Waals surface area contributed by atoms with Crippen molar-refractivity contribution in [2.24, 2.45) is 0 Å². The number of aryl methyl sites for hydroxylation is 4. The maximum Gasteiger partial charge on any atom is 0.294 e. The van der Waals surface area contributed by atoms with Crippen molar-refractivity contribution < 1.29 is 30.7 Å². The number of para-hydroxylation sites is 1. The number of fused-ring (bicyclic) bond motifs is 2. The summed E-state index contributed by atoms with van der Waals surface area (Å²) >= 11 is 0. The minimum Gasteiger partial charge on any atom is -0.457 e. The zero-order chi connectivity index (χ0) is 33.0. The normalized spacial score (nSPS) is 14.2. The van der Waals surface area contributed by atoms with Crippen LogP contribution in [-0.2, 0) is 20.2 Å². The number of benzene rings is 5. The van der Waals surface area contributed by atoms with Crippen molar-refractivity contribution in [3.05, 3.63) is 130 Å². The van der Waals surface area contributed by atoms with E-state index < -0.39 is 26.2 Å². The van der Waals surface area contributed by atoms with Crippen LogP contribution in [0, 0.1) is 27.7 Å². The molecular formula is C35H32N2O7S2. The number of hydrogen-bond donors (Lipinski definition) is 4. The summed E-state index contributed by atoms with van der Waals surface area (Å²) in [6, 6.07) is 26.3. The molecule has 1 aliphatic rings. The van der Waals surface area contributed by atoms with Gasteiger partial charge in [-0.15, -0.1) is 0 Å². The lowest BCUT2D eigenvalue weighted by Crippen LogP contribution is -2.15. The summed E-state index contributed by atoms with van der Waals surface area (Å²) in [5, 5.41) is 6.82. The summed E-state index contributed by atoms with van der Waals surface area (Å²) in [4.78, 5) is -0.381. The van der Waals surface area contributed by atoms with E-state index in [1.54, 1.807) is 38.1 Å². The van der Waals surface area contributed by atoms with Gasteiger partial charge in [0, 0.05) is 51.9 Å². The fraction of sp³-hybridized carbons (Fsp3) is 0.143. The van der Waals surface area contributed by atoms with Crippen molar-refractivity contribution >= 4 is 43.0 Å². The van der Waals surface area contributed by atoms with Gasteiger partial charge in [-0.25, -0.2) is 0 Å². The van der Waals surface area contributed by atoms with Crippen LogP contribution >= 0.6 is 0 Å². The Hall–Kier alpha value is -4.68. The highest BCUT2D eigenvalue weighted by Gasteiger charge is 2.33. The number of anilines is 4. The molecular weight excluding hydrogens is 625 g/mol. The zero-order valence-corrected chi connectivity index (χ0v) is 27.1. The predicted octanol–water partition coefficient (Wildman–Crippen LogP) is 8.19. The molecule has 4 N–H and O–H groups in total. The molecule has 46 heavy (non-hydrogen) atoms. The van der Waals surface area contributed by atoms with E-state index >= 15 is 0 Å². The van der Waals surface area contributed by atoms with Crippen molar-refractivity contribution in [1.29, 1.82) is 0 Å². The Bertz CT molecular complexity index is 2200. The first-order valence-corrected chi connectivity index (χ1v) is 17.3. The van der Waals surface area contributed by atoms with Gasteiger partial charge >= 0.3 is 0 Å². The molecule has 236 valence electrons. The van der Waals surface area contributed by atoms with Crippen LogP contribution in [0.1, 0.15) is 44.9 Å². The highest BCUT2D eigenvalue weighted by atomic mass is 32.2. The first-order valence-electron chi connectivity index (χ1n) is 14.4. The number of ether oxygens (including phenoxy) is 1. The lowest BCUT2D eigenvalue weighted by atomic mass is 9.82. The maximum atomic E-state index is 12.5. The van der Waals surface area contributed by atoms with Crippen LogP contribution < -0.4 is 15.4 Å². The molecule has 1 aliphatic heterocycles. The van der Waals surface area contributed by atoms with E-state index in [0.29, 0.717) is 45.1 Å². The minimum absolute atomic E-state index is 0.191.